The number of benzene rings is 2. The summed E-state index contributed by atoms with van der Waals surface area (Å²) in [6.07, 6.45) is -0.521. The molecule has 2 rings (SSSR count). The normalized spacial score (nSPS) is 11.0. The molecule has 0 aliphatic heterocycles. The van der Waals surface area contributed by atoms with E-state index in [9.17, 15) is 9.59 Å². The van der Waals surface area contributed by atoms with E-state index < -0.39 is 11.7 Å². The largest absolute Gasteiger partial charge is 0.444 e. The molecule has 2 amide bonds. The summed E-state index contributed by atoms with van der Waals surface area (Å²) in [5.41, 5.74) is 1.80. The number of carbonyl (C=O) groups is 2. The Balaban J connectivity index is 1.76. The first kappa shape index (κ1) is 20.8. The number of rotatable bonds is 6. The second kappa shape index (κ2) is 9.46. The van der Waals surface area contributed by atoms with Crippen molar-refractivity contribution < 1.29 is 14.3 Å². The molecule has 0 fully saturated rings. The zero-order valence-corrected chi connectivity index (χ0v) is 17.0. The topological polar surface area (TPSA) is 67.4 Å². The van der Waals surface area contributed by atoms with Crippen LogP contribution in [0.2, 0.25) is 0 Å². The van der Waals surface area contributed by atoms with Crippen molar-refractivity contribution in [2.75, 3.05) is 17.6 Å². The van der Waals surface area contributed by atoms with Gasteiger partial charge in [-0.15, -0.1) is 11.8 Å². The summed E-state index contributed by atoms with van der Waals surface area (Å²) in [6, 6.07) is 15.0. The summed E-state index contributed by atoms with van der Waals surface area (Å²) in [5.74, 6) is 0.663. The van der Waals surface area contributed by atoms with Crippen molar-refractivity contribution >= 4 is 29.4 Å². The lowest BCUT2D eigenvalue weighted by molar-refractivity contribution is 0.0635. The number of carbonyl (C=O) groups excluding carboxylic acids is 2. The van der Waals surface area contributed by atoms with Gasteiger partial charge >= 0.3 is 6.09 Å². The van der Waals surface area contributed by atoms with E-state index in [0.29, 0.717) is 17.8 Å². The fraction of sp³-hybridized carbons (Fsp3) is 0.333. The minimum atomic E-state index is -0.555. The summed E-state index contributed by atoms with van der Waals surface area (Å²) < 4.78 is 5.20. The van der Waals surface area contributed by atoms with Crippen LogP contribution >= 0.6 is 11.8 Å². The van der Waals surface area contributed by atoms with Crippen molar-refractivity contribution in [3.05, 3.63) is 59.7 Å². The van der Waals surface area contributed by atoms with Crippen molar-refractivity contribution in [1.29, 1.82) is 0 Å². The second-order valence-corrected chi connectivity index (χ2v) is 8.29. The summed E-state index contributed by atoms with van der Waals surface area (Å²) >= 11 is 1.70. The third-order valence-electron chi connectivity index (χ3n) is 3.47. The maximum Gasteiger partial charge on any atom is 0.412 e. The summed E-state index contributed by atoms with van der Waals surface area (Å²) in [5, 5.41) is 5.54. The van der Waals surface area contributed by atoms with Gasteiger partial charge in [0.05, 0.1) is 0 Å². The lowest BCUT2D eigenvalue weighted by atomic mass is 10.2. The van der Waals surface area contributed by atoms with Crippen LogP contribution in [0.25, 0.3) is 0 Å². The molecule has 0 aromatic heterocycles. The van der Waals surface area contributed by atoms with E-state index in [1.54, 1.807) is 56.8 Å². The van der Waals surface area contributed by atoms with E-state index in [1.807, 2.05) is 0 Å². The van der Waals surface area contributed by atoms with Crippen LogP contribution in [0.3, 0.4) is 0 Å². The number of nitrogens with one attached hydrogen (secondary N) is 2. The number of hydrogen-bond donors (Lipinski definition) is 2. The molecule has 0 heterocycles. The molecule has 27 heavy (non-hydrogen) atoms. The molecule has 0 saturated heterocycles. The van der Waals surface area contributed by atoms with Gasteiger partial charge in [-0.05, 0) is 64.1 Å². The van der Waals surface area contributed by atoms with E-state index >= 15 is 0 Å². The van der Waals surface area contributed by atoms with Gasteiger partial charge in [0.25, 0.3) is 5.91 Å². The molecule has 6 heteroatoms. The molecule has 2 aromatic rings. The molecule has 0 aliphatic carbocycles. The number of anilines is 1. The SMILES string of the molecule is Cc1ccc(SCCNC(=O)c2ccc(NC(=O)OC(C)(C)C)cc2)cc1. The first-order valence-electron chi connectivity index (χ1n) is 8.81. The third kappa shape index (κ3) is 7.74. The molecule has 0 atom stereocenters. The molecule has 2 aromatic carbocycles. The zero-order chi connectivity index (χ0) is 19.9. The quantitative estimate of drug-likeness (QED) is 0.549. The van der Waals surface area contributed by atoms with E-state index in [2.05, 4.69) is 41.8 Å². The van der Waals surface area contributed by atoms with Crippen molar-refractivity contribution in [3.8, 4) is 0 Å². The molecular weight excluding hydrogens is 360 g/mol. The van der Waals surface area contributed by atoms with E-state index in [-0.39, 0.29) is 5.91 Å². The monoisotopic (exact) mass is 386 g/mol. The highest BCUT2D eigenvalue weighted by Gasteiger charge is 2.16. The molecule has 0 bridgehead atoms. The summed E-state index contributed by atoms with van der Waals surface area (Å²) in [7, 11) is 0. The summed E-state index contributed by atoms with van der Waals surface area (Å²) in [6.45, 7) is 8.05. The maximum atomic E-state index is 12.2. The lowest BCUT2D eigenvalue weighted by Gasteiger charge is -2.19. The molecule has 0 saturated carbocycles. The van der Waals surface area contributed by atoms with Crippen LogP contribution in [-0.4, -0.2) is 29.9 Å². The van der Waals surface area contributed by atoms with Gasteiger partial charge in [0.2, 0.25) is 0 Å². The van der Waals surface area contributed by atoms with Crippen LogP contribution in [-0.2, 0) is 4.74 Å². The Labute approximate surface area is 164 Å². The van der Waals surface area contributed by atoms with E-state index in [4.69, 9.17) is 4.74 Å². The number of amides is 2. The van der Waals surface area contributed by atoms with Crippen LogP contribution in [0.5, 0.6) is 0 Å². The minimum Gasteiger partial charge on any atom is -0.444 e. The Bertz CT molecular complexity index is 766. The van der Waals surface area contributed by atoms with E-state index in [1.165, 1.54) is 10.5 Å². The Hall–Kier alpha value is -2.47. The molecule has 0 spiro atoms. The highest BCUT2D eigenvalue weighted by molar-refractivity contribution is 7.99. The Morgan fingerprint density at radius 3 is 2.22 bits per heavy atom. The molecular formula is C21H26N2O3S. The van der Waals surface area contributed by atoms with E-state index in [0.717, 1.165) is 5.75 Å². The fourth-order valence-electron chi connectivity index (χ4n) is 2.20. The van der Waals surface area contributed by atoms with Crippen LogP contribution in [0.1, 0.15) is 36.7 Å². The molecule has 144 valence electrons. The van der Waals surface area contributed by atoms with Gasteiger partial charge in [-0.2, -0.15) is 0 Å². The van der Waals surface area contributed by atoms with Crippen molar-refractivity contribution in [2.24, 2.45) is 0 Å². The van der Waals surface area contributed by atoms with Gasteiger partial charge in [-0.3, -0.25) is 10.1 Å². The van der Waals surface area contributed by atoms with Gasteiger partial charge in [-0.25, -0.2) is 4.79 Å². The third-order valence-corrected chi connectivity index (χ3v) is 4.48. The standard InChI is InChI=1S/C21H26N2O3S/c1-15-5-11-18(12-6-15)27-14-13-22-19(24)16-7-9-17(10-8-16)23-20(25)26-21(2,3)4/h5-12H,13-14H2,1-4H3,(H,22,24)(H,23,25). The number of aryl methyl sites for hydroxylation is 1. The smallest absolute Gasteiger partial charge is 0.412 e. The van der Waals surface area contributed by atoms with Gasteiger partial charge in [-0.1, -0.05) is 17.7 Å². The predicted molar refractivity (Wildman–Crippen MR) is 111 cm³/mol. The molecule has 2 N–H and O–H groups in total. The highest BCUT2D eigenvalue weighted by atomic mass is 32.2. The maximum absolute atomic E-state index is 12.2. The molecule has 0 aliphatic rings. The highest BCUT2D eigenvalue weighted by Crippen LogP contribution is 2.17. The Morgan fingerprint density at radius 1 is 1.00 bits per heavy atom. The van der Waals surface area contributed by atoms with Crippen LogP contribution in [0.4, 0.5) is 10.5 Å². The van der Waals surface area contributed by atoms with Crippen molar-refractivity contribution in [2.45, 2.75) is 38.2 Å². The number of ether oxygens (including phenoxy) is 1. The van der Waals surface area contributed by atoms with Gasteiger partial charge in [0.1, 0.15) is 5.60 Å². The van der Waals surface area contributed by atoms with Crippen LogP contribution < -0.4 is 10.6 Å². The second-order valence-electron chi connectivity index (χ2n) is 7.12. The molecule has 5 nitrogen and oxygen atoms in total. The molecule has 0 radical (unpaired) electrons. The molecule has 0 unspecified atom stereocenters. The van der Waals surface area contributed by atoms with Gasteiger partial charge in [0, 0.05) is 28.4 Å². The van der Waals surface area contributed by atoms with Crippen molar-refractivity contribution in [1.82, 2.24) is 5.32 Å². The number of hydrogen-bond acceptors (Lipinski definition) is 4. The Kier molecular flexibility index (Phi) is 7.30. The summed E-state index contributed by atoms with van der Waals surface area (Å²) in [4.78, 5) is 25.1. The minimum absolute atomic E-state index is 0.136. The zero-order valence-electron chi connectivity index (χ0n) is 16.2. The first-order valence-corrected chi connectivity index (χ1v) is 9.79. The van der Waals surface area contributed by atoms with Gasteiger partial charge in [0.15, 0.2) is 0 Å². The first-order chi connectivity index (χ1) is 12.7. The van der Waals surface area contributed by atoms with Crippen LogP contribution in [0.15, 0.2) is 53.4 Å². The van der Waals surface area contributed by atoms with Crippen LogP contribution in [0, 0.1) is 6.92 Å². The Morgan fingerprint density at radius 2 is 1.63 bits per heavy atom. The predicted octanol–water partition coefficient (Wildman–Crippen LogP) is 4.86. The van der Waals surface area contributed by atoms with Gasteiger partial charge < -0.3 is 10.1 Å². The average molecular weight is 387 g/mol. The fourth-order valence-corrected chi connectivity index (χ4v) is 2.96. The number of thioether (sulfide) groups is 1. The van der Waals surface area contributed by atoms with Crippen molar-refractivity contribution in [3.63, 3.8) is 0 Å². The lowest BCUT2D eigenvalue weighted by Crippen LogP contribution is -2.27. The average Bonchev–Trinajstić information content (AvgIpc) is 2.59.